The van der Waals surface area contributed by atoms with Crippen LogP contribution in [-0.4, -0.2) is 11.5 Å². The molecule has 1 aromatic carbocycles. The summed E-state index contributed by atoms with van der Waals surface area (Å²) in [5.41, 5.74) is -0.0605. The minimum absolute atomic E-state index is 0.00308. The summed E-state index contributed by atoms with van der Waals surface area (Å²) in [6.07, 6.45) is 0. The smallest absolute Gasteiger partial charge is 0.347 e. The van der Waals surface area contributed by atoms with Gasteiger partial charge < -0.3 is 4.42 Å². The van der Waals surface area contributed by atoms with Gasteiger partial charge in [0.15, 0.2) is 5.78 Å². The molecule has 0 spiro atoms. The fraction of sp³-hybridized carbons (Fsp3) is 0.0909. The van der Waals surface area contributed by atoms with E-state index in [1.54, 1.807) is 24.3 Å². The molecule has 0 radical (unpaired) electrons. The maximum atomic E-state index is 11.4. The second kappa shape index (κ2) is 3.90. The average molecular weight is 220 g/mol. The highest BCUT2D eigenvalue weighted by Gasteiger charge is 2.11. The summed E-state index contributed by atoms with van der Waals surface area (Å²) in [5, 5.41) is 0.738. The van der Waals surface area contributed by atoms with Crippen molar-refractivity contribution in [3.05, 3.63) is 46.3 Å². The highest BCUT2D eigenvalue weighted by atomic mass is 32.1. The molecule has 3 nitrogen and oxygen atoms in total. The van der Waals surface area contributed by atoms with E-state index in [0.717, 1.165) is 5.39 Å². The van der Waals surface area contributed by atoms with Crippen LogP contribution in [0.15, 0.2) is 39.5 Å². The fourth-order valence-corrected chi connectivity index (χ4v) is 1.51. The van der Waals surface area contributed by atoms with Crippen molar-refractivity contribution in [3.8, 4) is 0 Å². The fourth-order valence-electron chi connectivity index (χ4n) is 1.34. The lowest BCUT2D eigenvalue weighted by Crippen LogP contribution is -2.14. The zero-order valence-corrected chi connectivity index (χ0v) is 8.66. The van der Waals surface area contributed by atoms with Crippen LogP contribution in [0.1, 0.15) is 10.4 Å². The first-order valence-corrected chi connectivity index (χ1v) is 5.02. The summed E-state index contributed by atoms with van der Waals surface area (Å²) in [7, 11) is 0. The molecule has 0 aliphatic rings. The Hall–Kier alpha value is -1.55. The Morgan fingerprint density at radius 3 is 2.80 bits per heavy atom. The highest BCUT2D eigenvalue weighted by molar-refractivity contribution is 7.81. The Balaban J connectivity index is 2.73. The van der Waals surface area contributed by atoms with Gasteiger partial charge in [0.1, 0.15) is 11.1 Å². The molecule has 1 heterocycles. The van der Waals surface area contributed by atoms with Gasteiger partial charge in [0.25, 0.3) is 0 Å². The van der Waals surface area contributed by atoms with Crippen molar-refractivity contribution in [3.63, 3.8) is 0 Å². The average Bonchev–Trinajstić information content (AvgIpc) is 2.27. The predicted molar refractivity (Wildman–Crippen MR) is 60.7 cm³/mol. The molecule has 15 heavy (non-hydrogen) atoms. The lowest BCUT2D eigenvalue weighted by atomic mass is 10.1. The van der Waals surface area contributed by atoms with E-state index in [0.29, 0.717) is 5.58 Å². The Morgan fingerprint density at radius 2 is 2.07 bits per heavy atom. The summed E-state index contributed by atoms with van der Waals surface area (Å²) in [4.78, 5) is 22.8. The minimum Gasteiger partial charge on any atom is -0.422 e. The van der Waals surface area contributed by atoms with Gasteiger partial charge in [-0.1, -0.05) is 18.2 Å². The van der Waals surface area contributed by atoms with Crippen LogP contribution >= 0.6 is 12.6 Å². The second-order valence-corrected chi connectivity index (χ2v) is 3.38. The largest absolute Gasteiger partial charge is 0.422 e. The third-order valence-corrected chi connectivity index (χ3v) is 2.37. The summed E-state index contributed by atoms with van der Waals surface area (Å²) in [6.45, 7) is 0. The van der Waals surface area contributed by atoms with Crippen molar-refractivity contribution in [2.45, 2.75) is 0 Å². The molecule has 0 atom stereocenters. The SMILES string of the molecule is O=C(CS)c1cc2ccccc2oc1=O. The molecular weight excluding hydrogens is 212 g/mol. The molecular formula is C11H8O3S. The summed E-state index contributed by atoms with van der Waals surface area (Å²) in [6, 6.07) is 8.60. The van der Waals surface area contributed by atoms with Crippen LogP contribution in [0, 0.1) is 0 Å². The molecule has 0 saturated carbocycles. The summed E-state index contributed by atoms with van der Waals surface area (Å²) in [5.74, 6) is -0.318. The van der Waals surface area contributed by atoms with Crippen LogP contribution in [0.4, 0.5) is 0 Å². The van der Waals surface area contributed by atoms with Crippen LogP contribution in [0.2, 0.25) is 0 Å². The third kappa shape index (κ3) is 1.80. The zero-order chi connectivity index (χ0) is 10.8. The van der Waals surface area contributed by atoms with Crippen molar-refractivity contribution in [1.29, 1.82) is 0 Å². The standard InChI is InChI=1S/C11H8O3S/c12-9(6-15)8-5-7-3-1-2-4-10(7)14-11(8)13/h1-5,15H,6H2. The number of hydrogen-bond donors (Lipinski definition) is 1. The number of carbonyl (C=O) groups excluding carboxylic acids is 1. The zero-order valence-electron chi connectivity index (χ0n) is 7.77. The number of ketones is 1. The number of rotatable bonds is 2. The Labute approximate surface area is 91.1 Å². The van der Waals surface area contributed by atoms with Crippen LogP contribution in [-0.2, 0) is 0 Å². The molecule has 0 saturated heterocycles. The van der Waals surface area contributed by atoms with Crippen LogP contribution in [0.5, 0.6) is 0 Å². The number of carbonyl (C=O) groups is 1. The topological polar surface area (TPSA) is 47.3 Å². The molecule has 0 N–H and O–H groups in total. The maximum Gasteiger partial charge on any atom is 0.347 e. The summed E-state index contributed by atoms with van der Waals surface area (Å²) >= 11 is 3.84. The molecule has 0 bridgehead atoms. The monoisotopic (exact) mass is 220 g/mol. The molecule has 0 unspecified atom stereocenters. The molecule has 2 aromatic rings. The number of thiol groups is 1. The molecule has 2 rings (SSSR count). The van der Waals surface area contributed by atoms with E-state index in [1.165, 1.54) is 0 Å². The normalized spacial score (nSPS) is 10.5. The predicted octanol–water partition coefficient (Wildman–Crippen LogP) is 1.91. The van der Waals surface area contributed by atoms with E-state index < -0.39 is 5.63 Å². The molecule has 0 aliphatic heterocycles. The minimum atomic E-state index is -0.604. The van der Waals surface area contributed by atoms with Gasteiger partial charge in [-0.15, -0.1) is 0 Å². The van der Waals surface area contributed by atoms with Gasteiger partial charge in [0.2, 0.25) is 0 Å². The maximum absolute atomic E-state index is 11.4. The van der Waals surface area contributed by atoms with Gasteiger partial charge in [-0.2, -0.15) is 12.6 Å². The second-order valence-electron chi connectivity index (χ2n) is 3.07. The molecule has 1 aromatic heterocycles. The molecule has 4 heteroatoms. The Bertz CT molecular complexity index is 571. The summed E-state index contributed by atoms with van der Waals surface area (Å²) < 4.78 is 5.01. The van der Waals surface area contributed by atoms with Gasteiger partial charge in [0, 0.05) is 5.39 Å². The Kier molecular flexibility index (Phi) is 2.60. The van der Waals surface area contributed by atoms with Crippen molar-refractivity contribution >= 4 is 29.4 Å². The first-order chi connectivity index (χ1) is 7.22. The van der Waals surface area contributed by atoms with Crippen molar-refractivity contribution in [1.82, 2.24) is 0 Å². The molecule has 76 valence electrons. The van der Waals surface area contributed by atoms with Gasteiger partial charge in [-0.25, -0.2) is 4.79 Å². The number of benzene rings is 1. The van der Waals surface area contributed by atoms with Crippen LogP contribution in [0.3, 0.4) is 0 Å². The van der Waals surface area contributed by atoms with E-state index >= 15 is 0 Å². The third-order valence-electron chi connectivity index (χ3n) is 2.09. The van der Waals surface area contributed by atoms with Crippen molar-refractivity contribution < 1.29 is 9.21 Å². The van der Waals surface area contributed by atoms with Crippen LogP contribution < -0.4 is 5.63 Å². The first-order valence-electron chi connectivity index (χ1n) is 4.39. The van der Waals surface area contributed by atoms with Gasteiger partial charge in [0.05, 0.1) is 5.75 Å². The number of Topliss-reactive ketones (excluding diaryl/α,β-unsaturated/α-hetero) is 1. The van der Waals surface area contributed by atoms with Gasteiger partial charge >= 0.3 is 5.63 Å². The van der Waals surface area contributed by atoms with Gasteiger partial charge in [-0.05, 0) is 12.1 Å². The number of para-hydroxylation sites is 1. The Morgan fingerprint density at radius 1 is 1.33 bits per heavy atom. The first kappa shape index (κ1) is 9.98. The van der Waals surface area contributed by atoms with E-state index in [4.69, 9.17) is 4.42 Å². The lowest BCUT2D eigenvalue weighted by Gasteiger charge is -1.98. The molecule has 0 amide bonds. The highest BCUT2D eigenvalue weighted by Crippen LogP contribution is 2.12. The van der Waals surface area contributed by atoms with E-state index in [9.17, 15) is 9.59 Å². The molecule has 0 aliphatic carbocycles. The van der Waals surface area contributed by atoms with Gasteiger partial charge in [-0.3, -0.25) is 4.79 Å². The molecule has 0 fully saturated rings. The number of fused-ring (bicyclic) bond motifs is 1. The lowest BCUT2D eigenvalue weighted by molar-refractivity contribution is 0.101. The van der Waals surface area contributed by atoms with E-state index in [2.05, 4.69) is 12.6 Å². The van der Waals surface area contributed by atoms with E-state index in [1.807, 2.05) is 6.07 Å². The number of hydrogen-bond acceptors (Lipinski definition) is 4. The van der Waals surface area contributed by atoms with Crippen molar-refractivity contribution in [2.24, 2.45) is 0 Å². The van der Waals surface area contributed by atoms with E-state index in [-0.39, 0.29) is 17.1 Å². The van der Waals surface area contributed by atoms with Crippen LogP contribution in [0.25, 0.3) is 11.0 Å². The quantitative estimate of drug-likeness (QED) is 0.477. The van der Waals surface area contributed by atoms with Crippen molar-refractivity contribution in [2.75, 3.05) is 5.75 Å².